The van der Waals surface area contributed by atoms with Crippen molar-refractivity contribution in [2.45, 2.75) is 11.4 Å². The summed E-state index contributed by atoms with van der Waals surface area (Å²) in [6.45, 7) is 3.91. The van der Waals surface area contributed by atoms with Gasteiger partial charge >= 0.3 is 0 Å². The van der Waals surface area contributed by atoms with E-state index in [1.54, 1.807) is 24.5 Å². The Hall–Kier alpha value is -2.33. The quantitative estimate of drug-likeness (QED) is 0.416. The molecule has 0 aliphatic rings. The molecule has 154 valence electrons. The first-order chi connectivity index (χ1) is 14.3. The molecule has 3 rings (SSSR count). The Balaban J connectivity index is 1.67. The molecule has 2 N–H and O–H groups in total. The number of rotatable bonds is 7. The number of carbonyl (C=O) groups is 1. The van der Waals surface area contributed by atoms with Crippen molar-refractivity contribution in [3.63, 3.8) is 0 Å². The van der Waals surface area contributed by atoms with E-state index in [4.69, 9.17) is 0 Å². The van der Waals surface area contributed by atoms with Crippen LogP contribution in [0.2, 0.25) is 0 Å². The summed E-state index contributed by atoms with van der Waals surface area (Å²) < 4.78 is 29.4. The maximum absolute atomic E-state index is 12.6. The molecule has 1 aromatic heterocycles. The van der Waals surface area contributed by atoms with Gasteiger partial charge in [0.25, 0.3) is 5.91 Å². The summed E-state index contributed by atoms with van der Waals surface area (Å²) in [5.74, 6) is -0.381. The van der Waals surface area contributed by atoms with Gasteiger partial charge in [0.1, 0.15) is 0 Å². The minimum Gasteiger partial charge on any atom is -0.322 e. The van der Waals surface area contributed by atoms with E-state index in [1.807, 2.05) is 18.2 Å². The highest BCUT2D eigenvalue weighted by Crippen LogP contribution is 2.25. The third kappa shape index (κ3) is 5.42. The number of sulfonamides is 1. The van der Waals surface area contributed by atoms with Crippen molar-refractivity contribution in [1.29, 1.82) is 0 Å². The molecule has 30 heavy (non-hydrogen) atoms. The van der Waals surface area contributed by atoms with E-state index < -0.39 is 10.0 Å². The van der Waals surface area contributed by atoms with Crippen molar-refractivity contribution in [3.8, 4) is 0 Å². The molecule has 0 fully saturated rings. The Kier molecular flexibility index (Phi) is 7.19. The van der Waals surface area contributed by atoms with Crippen LogP contribution in [0.15, 0.2) is 87.4 Å². The highest BCUT2D eigenvalue weighted by atomic mass is 79.9. The van der Waals surface area contributed by atoms with Crippen LogP contribution in [0, 0.1) is 0 Å². The lowest BCUT2D eigenvalue weighted by Crippen LogP contribution is -2.23. The molecule has 0 bridgehead atoms. The maximum Gasteiger partial charge on any atom is 0.255 e. The van der Waals surface area contributed by atoms with Crippen molar-refractivity contribution in [3.05, 3.63) is 93.6 Å². The largest absolute Gasteiger partial charge is 0.322 e. The van der Waals surface area contributed by atoms with Gasteiger partial charge < -0.3 is 5.32 Å². The van der Waals surface area contributed by atoms with Crippen molar-refractivity contribution in [2.75, 3.05) is 5.32 Å². The lowest BCUT2D eigenvalue weighted by Gasteiger charge is -2.11. The van der Waals surface area contributed by atoms with Crippen molar-refractivity contribution in [2.24, 2.45) is 0 Å². The molecule has 2 aromatic carbocycles. The molecule has 0 radical (unpaired) electrons. The van der Waals surface area contributed by atoms with Gasteiger partial charge in [0.2, 0.25) is 10.0 Å². The van der Waals surface area contributed by atoms with Crippen LogP contribution in [0.25, 0.3) is 5.57 Å². The SMILES string of the molecule is C=C(C(=O)Nc1ccc(S(=O)(=O)NCc2c(Br)cccc2Br)cc1)c1ccncc1. The summed E-state index contributed by atoms with van der Waals surface area (Å²) in [6.07, 6.45) is 3.15. The monoisotopic (exact) mass is 549 g/mol. The average Bonchev–Trinajstić information content (AvgIpc) is 2.74. The average molecular weight is 551 g/mol. The summed E-state index contributed by atoms with van der Waals surface area (Å²) in [6, 6.07) is 14.8. The van der Waals surface area contributed by atoms with Crippen LogP contribution in [0.3, 0.4) is 0 Å². The number of carbonyl (C=O) groups excluding carboxylic acids is 1. The van der Waals surface area contributed by atoms with Crippen molar-refractivity contribution in [1.82, 2.24) is 9.71 Å². The van der Waals surface area contributed by atoms with Gasteiger partial charge in [-0.25, -0.2) is 13.1 Å². The zero-order valence-corrected chi connectivity index (χ0v) is 19.6. The second kappa shape index (κ2) is 9.65. The molecule has 0 aliphatic heterocycles. The Morgan fingerprint density at radius 3 is 2.17 bits per heavy atom. The predicted octanol–water partition coefficient (Wildman–Crippen LogP) is 4.74. The van der Waals surface area contributed by atoms with E-state index in [9.17, 15) is 13.2 Å². The van der Waals surface area contributed by atoms with Crippen molar-refractivity contribution >= 4 is 59.1 Å². The molecule has 1 heterocycles. The van der Waals surface area contributed by atoms with E-state index in [1.165, 1.54) is 24.3 Å². The number of anilines is 1. The predicted molar refractivity (Wildman–Crippen MR) is 124 cm³/mol. The maximum atomic E-state index is 12.6. The highest BCUT2D eigenvalue weighted by Gasteiger charge is 2.16. The van der Waals surface area contributed by atoms with Crippen LogP contribution in [0.5, 0.6) is 0 Å². The molecule has 0 atom stereocenters. The van der Waals surface area contributed by atoms with Gasteiger partial charge in [0, 0.05) is 39.1 Å². The summed E-state index contributed by atoms with van der Waals surface area (Å²) in [4.78, 5) is 16.3. The Bertz CT molecular complexity index is 1160. The second-order valence-electron chi connectivity index (χ2n) is 6.22. The van der Waals surface area contributed by atoms with Crippen LogP contribution in [0.1, 0.15) is 11.1 Å². The van der Waals surface area contributed by atoms with Crippen LogP contribution in [0.4, 0.5) is 5.69 Å². The molecule has 3 aromatic rings. The first-order valence-corrected chi connectivity index (χ1v) is 11.8. The fraction of sp³-hybridized carbons (Fsp3) is 0.0476. The number of nitrogens with zero attached hydrogens (tertiary/aromatic N) is 1. The number of amides is 1. The van der Waals surface area contributed by atoms with Gasteiger partial charge in [0.05, 0.1) is 4.90 Å². The summed E-state index contributed by atoms with van der Waals surface area (Å²) in [5.41, 5.74) is 2.20. The van der Waals surface area contributed by atoms with Gasteiger partial charge in [-0.15, -0.1) is 0 Å². The lowest BCUT2D eigenvalue weighted by molar-refractivity contribution is -0.111. The Morgan fingerprint density at radius 2 is 1.57 bits per heavy atom. The van der Waals surface area contributed by atoms with Gasteiger partial charge in [-0.1, -0.05) is 44.5 Å². The lowest BCUT2D eigenvalue weighted by atomic mass is 10.1. The van der Waals surface area contributed by atoms with Crippen molar-refractivity contribution < 1.29 is 13.2 Å². The molecule has 9 heteroatoms. The van der Waals surface area contributed by atoms with Crippen LogP contribution in [-0.4, -0.2) is 19.3 Å². The molecule has 0 saturated carbocycles. The van der Waals surface area contributed by atoms with Crippen LogP contribution >= 0.6 is 31.9 Å². The fourth-order valence-electron chi connectivity index (χ4n) is 2.56. The zero-order valence-electron chi connectivity index (χ0n) is 15.6. The number of pyridine rings is 1. The third-order valence-electron chi connectivity index (χ3n) is 4.23. The summed E-state index contributed by atoms with van der Waals surface area (Å²) in [5, 5.41) is 2.71. The minimum absolute atomic E-state index is 0.0941. The molecular weight excluding hydrogens is 534 g/mol. The molecule has 6 nitrogen and oxygen atoms in total. The molecule has 0 unspecified atom stereocenters. The fourth-order valence-corrected chi connectivity index (χ4v) is 4.83. The number of hydrogen-bond donors (Lipinski definition) is 2. The number of halogens is 2. The first kappa shape index (κ1) is 22.4. The number of hydrogen-bond acceptors (Lipinski definition) is 4. The topological polar surface area (TPSA) is 88.2 Å². The molecule has 0 aliphatic carbocycles. The van der Waals surface area contributed by atoms with E-state index in [0.717, 1.165) is 14.5 Å². The first-order valence-electron chi connectivity index (χ1n) is 8.71. The minimum atomic E-state index is -3.73. The summed E-state index contributed by atoms with van der Waals surface area (Å²) in [7, 11) is -3.73. The molecular formula is C21H17Br2N3O3S. The van der Waals surface area contributed by atoms with E-state index in [-0.39, 0.29) is 22.9 Å². The van der Waals surface area contributed by atoms with E-state index in [2.05, 4.69) is 53.5 Å². The zero-order chi connectivity index (χ0) is 21.7. The Morgan fingerprint density at radius 1 is 0.967 bits per heavy atom. The van der Waals surface area contributed by atoms with Crippen LogP contribution < -0.4 is 10.0 Å². The molecule has 0 saturated heterocycles. The van der Waals surface area contributed by atoms with Gasteiger partial charge in [0.15, 0.2) is 0 Å². The summed E-state index contributed by atoms with van der Waals surface area (Å²) >= 11 is 6.83. The third-order valence-corrected chi connectivity index (χ3v) is 7.13. The normalized spacial score (nSPS) is 11.1. The molecule has 1 amide bonds. The number of aromatic nitrogens is 1. The number of benzene rings is 2. The van der Waals surface area contributed by atoms with E-state index in [0.29, 0.717) is 11.3 Å². The molecule has 0 spiro atoms. The highest BCUT2D eigenvalue weighted by molar-refractivity contribution is 9.11. The van der Waals surface area contributed by atoms with Crippen LogP contribution in [-0.2, 0) is 21.4 Å². The van der Waals surface area contributed by atoms with Gasteiger partial charge in [-0.05, 0) is 59.7 Å². The van der Waals surface area contributed by atoms with Gasteiger partial charge in [-0.2, -0.15) is 0 Å². The smallest absolute Gasteiger partial charge is 0.255 e. The standard InChI is InChI=1S/C21H17Br2N3O3S/c1-14(15-9-11-24-12-10-15)21(27)26-16-5-7-17(8-6-16)30(28,29)25-13-18-19(22)3-2-4-20(18)23/h2-12,25H,1,13H2,(H,26,27). The van der Waals surface area contributed by atoms with Gasteiger partial charge in [-0.3, -0.25) is 9.78 Å². The number of nitrogens with one attached hydrogen (secondary N) is 2. The Labute approximate surface area is 191 Å². The van der Waals surface area contributed by atoms with E-state index >= 15 is 0 Å². The second-order valence-corrected chi connectivity index (χ2v) is 9.69.